The normalized spacial score (nSPS) is 14.6. The van der Waals surface area contributed by atoms with Gasteiger partial charge in [-0.25, -0.2) is 15.0 Å². The molecule has 0 aliphatic carbocycles. The molecule has 1 aliphatic heterocycles. The highest BCUT2D eigenvalue weighted by Gasteiger charge is 2.22. The highest BCUT2D eigenvalue weighted by molar-refractivity contribution is 7.99. The number of amides is 1. The molecule has 0 radical (unpaired) electrons. The smallest absolute Gasteiger partial charge is 0.233 e. The van der Waals surface area contributed by atoms with Gasteiger partial charge in [0.15, 0.2) is 5.82 Å². The van der Waals surface area contributed by atoms with Crippen LogP contribution in [0.5, 0.6) is 0 Å². The van der Waals surface area contributed by atoms with Crippen molar-refractivity contribution in [2.45, 2.75) is 5.16 Å². The molecule has 1 saturated heterocycles. The molecule has 134 valence electrons. The van der Waals surface area contributed by atoms with Crippen LogP contribution in [-0.4, -0.2) is 67.9 Å². The lowest BCUT2D eigenvalue weighted by atomic mass is 10.3. The lowest BCUT2D eigenvalue weighted by Gasteiger charge is -2.34. The van der Waals surface area contributed by atoms with Crippen LogP contribution < -0.4 is 4.90 Å². The van der Waals surface area contributed by atoms with Gasteiger partial charge < -0.3 is 9.80 Å². The van der Waals surface area contributed by atoms with Gasteiger partial charge in [-0.15, -0.1) is 16.4 Å². The number of aromatic amines is 1. The standard InChI is InChI=1S/C16H17N7OS2/c24-13(11-26-16-19-14(20-21-16)12-3-1-10-25-12)22-6-8-23(9-7-22)15-17-4-2-5-18-15/h1-5,10H,6-9,11H2,(H,19,20,21). The van der Waals surface area contributed by atoms with Crippen LogP contribution in [0.3, 0.4) is 0 Å². The van der Waals surface area contributed by atoms with Crippen LogP contribution in [-0.2, 0) is 4.79 Å². The molecule has 10 heteroatoms. The number of thioether (sulfide) groups is 1. The zero-order valence-corrected chi connectivity index (χ0v) is 15.5. The largest absolute Gasteiger partial charge is 0.338 e. The summed E-state index contributed by atoms with van der Waals surface area (Å²) < 4.78 is 0. The topological polar surface area (TPSA) is 90.9 Å². The molecule has 1 amide bonds. The maximum atomic E-state index is 12.4. The van der Waals surface area contributed by atoms with Gasteiger partial charge in [0, 0.05) is 38.6 Å². The van der Waals surface area contributed by atoms with Gasteiger partial charge in [0.2, 0.25) is 17.0 Å². The second kappa shape index (κ2) is 7.83. The Labute approximate surface area is 158 Å². The van der Waals surface area contributed by atoms with Crippen LogP contribution >= 0.6 is 23.1 Å². The highest BCUT2D eigenvalue weighted by Crippen LogP contribution is 2.23. The molecule has 1 fully saturated rings. The molecule has 8 nitrogen and oxygen atoms in total. The summed E-state index contributed by atoms with van der Waals surface area (Å²) in [5, 5.41) is 9.69. The molecular weight excluding hydrogens is 370 g/mol. The van der Waals surface area contributed by atoms with Gasteiger partial charge in [0.05, 0.1) is 10.6 Å². The predicted octanol–water partition coefficient (Wildman–Crippen LogP) is 1.76. The summed E-state index contributed by atoms with van der Waals surface area (Å²) in [4.78, 5) is 30.4. The van der Waals surface area contributed by atoms with E-state index >= 15 is 0 Å². The first-order chi connectivity index (χ1) is 12.8. The van der Waals surface area contributed by atoms with E-state index in [1.54, 1.807) is 29.8 Å². The number of hydrogen-bond donors (Lipinski definition) is 1. The predicted molar refractivity (Wildman–Crippen MR) is 101 cm³/mol. The number of anilines is 1. The molecule has 0 spiro atoms. The van der Waals surface area contributed by atoms with Gasteiger partial charge in [-0.3, -0.25) is 9.89 Å². The summed E-state index contributed by atoms with van der Waals surface area (Å²) in [7, 11) is 0. The third-order valence-corrected chi connectivity index (χ3v) is 5.72. The molecule has 0 atom stereocenters. The Hall–Kier alpha value is -2.46. The first-order valence-electron chi connectivity index (χ1n) is 8.18. The zero-order valence-electron chi connectivity index (χ0n) is 13.9. The highest BCUT2D eigenvalue weighted by atomic mass is 32.2. The van der Waals surface area contributed by atoms with E-state index in [4.69, 9.17) is 0 Å². The van der Waals surface area contributed by atoms with Crippen molar-refractivity contribution in [3.05, 3.63) is 36.0 Å². The summed E-state index contributed by atoms with van der Waals surface area (Å²) in [6, 6.07) is 5.76. The van der Waals surface area contributed by atoms with Gasteiger partial charge in [0.1, 0.15) is 0 Å². The Morgan fingerprint density at radius 1 is 1.19 bits per heavy atom. The van der Waals surface area contributed by atoms with Crippen molar-refractivity contribution >= 4 is 35.0 Å². The van der Waals surface area contributed by atoms with Crippen molar-refractivity contribution < 1.29 is 4.79 Å². The van der Waals surface area contributed by atoms with Gasteiger partial charge in [-0.05, 0) is 17.5 Å². The van der Waals surface area contributed by atoms with E-state index < -0.39 is 0 Å². The fourth-order valence-electron chi connectivity index (χ4n) is 2.66. The first kappa shape index (κ1) is 17.0. The minimum absolute atomic E-state index is 0.103. The Morgan fingerprint density at radius 3 is 2.73 bits per heavy atom. The fourth-order valence-corrected chi connectivity index (χ4v) is 4.03. The maximum Gasteiger partial charge on any atom is 0.233 e. The minimum Gasteiger partial charge on any atom is -0.338 e. The van der Waals surface area contributed by atoms with Crippen LogP contribution in [0.2, 0.25) is 0 Å². The number of nitrogens with zero attached hydrogens (tertiary/aromatic N) is 6. The van der Waals surface area contributed by atoms with Gasteiger partial charge >= 0.3 is 0 Å². The number of H-pyrrole nitrogens is 1. The molecule has 3 aromatic heterocycles. The van der Waals surface area contributed by atoms with Gasteiger partial charge in [0.25, 0.3) is 0 Å². The summed E-state index contributed by atoms with van der Waals surface area (Å²) in [5.41, 5.74) is 0. The zero-order chi connectivity index (χ0) is 17.8. The van der Waals surface area contributed by atoms with Crippen molar-refractivity contribution in [3.8, 4) is 10.7 Å². The second-order valence-electron chi connectivity index (χ2n) is 5.65. The van der Waals surface area contributed by atoms with Crippen LogP contribution in [0.15, 0.2) is 41.1 Å². The quantitative estimate of drug-likeness (QED) is 0.667. The number of carbonyl (C=O) groups is 1. The van der Waals surface area contributed by atoms with E-state index in [-0.39, 0.29) is 5.91 Å². The summed E-state index contributed by atoms with van der Waals surface area (Å²) >= 11 is 2.96. The second-order valence-corrected chi connectivity index (χ2v) is 7.54. The molecular formula is C16H17N7OS2. The van der Waals surface area contributed by atoms with E-state index in [2.05, 4.69) is 30.0 Å². The third kappa shape index (κ3) is 3.86. The fraction of sp³-hybridized carbons (Fsp3) is 0.312. The molecule has 4 rings (SSSR count). The van der Waals surface area contributed by atoms with Crippen molar-refractivity contribution in [1.29, 1.82) is 0 Å². The monoisotopic (exact) mass is 387 g/mol. The Balaban J connectivity index is 1.27. The average Bonchev–Trinajstić information content (AvgIpc) is 3.38. The van der Waals surface area contributed by atoms with Crippen molar-refractivity contribution in [3.63, 3.8) is 0 Å². The molecule has 0 saturated carbocycles. The number of thiophene rings is 1. The molecule has 3 aromatic rings. The Kier molecular flexibility index (Phi) is 5.12. The van der Waals surface area contributed by atoms with Crippen molar-refractivity contribution in [2.24, 2.45) is 0 Å². The number of carbonyl (C=O) groups excluding carboxylic acids is 1. The van der Waals surface area contributed by atoms with E-state index in [1.165, 1.54) is 11.8 Å². The lowest BCUT2D eigenvalue weighted by Crippen LogP contribution is -2.49. The van der Waals surface area contributed by atoms with Crippen LogP contribution in [0.25, 0.3) is 10.7 Å². The van der Waals surface area contributed by atoms with Crippen molar-refractivity contribution in [2.75, 3.05) is 36.8 Å². The third-order valence-electron chi connectivity index (χ3n) is 4.01. The molecule has 0 bridgehead atoms. The summed E-state index contributed by atoms with van der Waals surface area (Å²) in [5.74, 6) is 1.90. The van der Waals surface area contributed by atoms with E-state index in [1.807, 2.05) is 22.4 Å². The average molecular weight is 387 g/mol. The Bertz CT molecular complexity index is 845. The van der Waals surface area contributed by atoms with Crippen LogP contribution in [0, 0.1) is 0 Å². The van der Waals surface area contributed by atoms with Crippen molar-refractivity contribution in [1.82, 2.24) is 30.0 Å². The SMILES string of the molecule is O=C(CSc1n[nH]c(-c2cccs2)n1)N1CCN(c2ncccn2)CC1. The molecule has 4 heterocycles. The van der Waals surface area contributed by atoms with Crippen LogP contribution in [0.4, 0.5) is 5.95 Å². The van der Waals surface area contributed by atoms with Gasteiger partial charge in [-0.2, -0.15) is 0 Å². The van der Waals surface area contributed by atoms with E-state index in [9.17, 15) is 4.79 Å². The number of nitrogens with one attached hydrogen (secondary N) is 1. The molecule has 1 N–H and O–H groups in total. The number of rotatable bonds is 5. The molecule has 1 aliphatic rings. The minimum atomic E-state index is 0.103. The number of aromatic nitrogens is 5. The number of piperazine rings is 1. The summed E-state index contributed by atoms with van der Waals surface area (Å²) in [6.07, 6.45) is 3.47. The van der Waals surface area contributed by atoms with E-state index in [0.717, 1.165) is 29.7 Å². The van der Waals surface area contributed by atoms with E-state index in [0.29, 0.717) is 24.0 Å². The number of hydrogen-bond acceptors (Lipinski definition) is 8. The molecule has 26 heavy (non-hydrogen) atoms. The molecule has 0 aromatic carbocycles. The molecule has 0 unspecified atom stereocenters. The lowest BCUT2D eigenvalue weighted by molar-refractivity contribution is -0.128. The summed E-state index contributed by atoms with van der Waals surface area (Å²) in [6.45, 7) is 2.82. The first-order valence-corrected chi connectivity index (χ1v) is 10.0. The Morgan fingerprint density at radius 2 is 2.00 bits per heavy atom. The van der Waals surface area contributed by atoms with Gasteiger partial charge in [-0.1, -0.05) is 17.8 Å². The maximum absolute atomic E-state index is 12.4. The van der Waals surface area contributed by atoms with Crippen LogP contribution in [0.1, 0.15) is 0 Å².